The Morgan fingerprint density at radius 1 is 1.50 bits per heavy atom. The summed E-state index contributed by atoms with van der Waals surface area (Å²) in [4.78, 5) is 4.31. The first kappa shape index (κ1) is 12.6. The summed E-state index contributed by atoms with van der Waals surface area (Å²) in [5.74, 6) is 0.850. The molecule has 6 heteroatoms. The number of nitrogens with one attached hydrogen (secondary N) is 1. The van der Waals surface area contributed by atoms with Crippen LogP contribution in [0.1, 0.15) is 12.5 Å². The quantitative estimate of drug-likeness (QED) is 0.833. The van der Waals surface area contributed by atoms with E-state index in [1.807, 2.05) is 25.6 Å². The van der Waals surface area contributed by atoms with Crippen molar-refractivity contribution in [3.05, 3.63) is 30.4 Å². The molecule has 0 aromatic carbocycles. The highest BCUT2D eigenvalue weighted by Crippen LogP contribution is 2.09. The summed E-state index contributed by atoms with van der Waals surface area (Å²) in [6, 6.07) is 0.227. The lowest BCUT2D eigenvalue weighted by Gasteiger charge is -2.14. The maximum Gasteiger partial charge on any atom is 0.203 e. The van der Waals surface area contributed by atoms with Gasteiger partial charge in [0.1, 0.15) is 0 Å². The molecule has 0 saturated heterocycles. The third kappa shape index (κ3) is 3.10. The van der Waals surface area contributed by atoms with Gasteiger partial charge in [0.15, 0.2) is 0 Å². The lowest BCUT2D eigenvalue weighted by Crippen LogP contribution is -2.23. The summed E-state index contributed by atoms with van der Waals surface area (Å²) in [6.45, 7) is 3.47. The van der Waals surface area contributed by atoms with Crippen molar-refractivity contribution in [1.82, 2.24) is 19.3 Å². The number of nitrogens with zero attached hydrogens (tertiary/aromatic N) is 4. The van der Waals surface area contributed by atoms with Gasteiger partial charge in [0.05, 0.1) is 19.3 Å². The predicted octanol–water partition coefficient (Wildman–Crippen LogP) is 1.11. The lowest BCUT2D eigenvalue weighted by atomic mass is 10.3. The molecule has 0 aliphatic heterocycles. The van der Waals surface area contributed by atoms with Gasteiger partial charge in [0.2, 0.25) is 5.95 Å². The number of hydrogen-bond donors (Lipinski definition) is 1. The van der Waals surface area contributed by atoms with Gasteiger partial charge >= 0.3 is 0 Å². The zero-order chi connectivity index (χ0) is 13.0. The molecule has 98 valence electrons. The lowest BCUT2D eigenvalue weighted by molar-refractivity contribution is 0.190. The van der Waals surface area contributed by atoms with Gasteiger partial charge in [0, 0.05) is 44.4 Å². The molecule has 0 aliphatic rings. The van der Waals surface area contributed by atoms with E-state index in [9.17, 15) is 0 Å². The molecule has 18 heavy (non-hydrogen) atoms. The van der Waals surface area contributed by atoms with Crippen molar-refractivity contribution >= 4 is 5.95 Å². The Kier molecular flexibility index (Phi) is 3.99. The van der Waals surface area contributed by atoms with E-state index in [1.165, 1.54) is 0 Å². The average molecular weight is 249 g/mol. The highest BCUT2D eigenvalue weighted by molar-refractivity contribution is 5.28. The molecule has 6 nitrogen and oxygen atoms in total. The average Bonchev–Trinajstić information content (AvgIpc) is 2.90. The van der Waals surface area contributed by atoms with Crippen LogP contribution in [0.25, 0.3) is 0 Å². The van der Waals surface area contributed by atoms with Crippen LogP contribution in [0.2, 0.25) is 0 Å². The van der Waals surface area contributed by atoms with Crippen LogP contribution in [-0.2, 0) is 18.3 Å². The van der Waals surface area contributed by atoms with Crippen molar-refractivity contribution in [2.45, 2.75) is 19.5 Å². The van der Waals surface area contributed by atoms with Gasteiger partial charge in [-0.1, -0.05) is 0 Å². The highest BCUT2D eigenvalue weighted by Gasteiger charge is 2.07. The Balaban J connectivity index is 2.03. The normalized spacial score (nSPS) is 12.6. The van der Waals surface area contributed by atoms with Crippen LogP contribution in [0.5, 0.6) is 0 Å². The van der Waals surface area contributed by atoms with E-state index in [4.69, 9.17) is 4.74 Å². The number of methoxy groups -OCH3 is 1. The minimum atomic E-state index is 0.227. The molecule has 2 aromatic heterocycles. The number of imidazole rings is 1. The van der Waals surface area contributed by atoms with Crippen LogP contribution in [0, 0.1) is 0 Å². The molecule has 2 rings (SSSR count). The Hall–Kier alpha value is -1.82. The summed E-state index contributed by atoms with van der Waals surface area (Å²) in [5.41, 5.74) is 1.15. The molecular weight excluding hydrogens is 230 g/mol. The van der Waals surface area contributed by atoms with E-state index < -0.39 is 0 Å². The van der Waals surface area contributed by atoms with Crippen molar-refractivity contribution in [2.24, 2.45) is 7.05 Å². The minimum absolute atomic E-state index is 0.227. The van der Waals surface area contributed by atoms with Crippen LogP contribution in [0.3, 0.4) is 0 Å². The van der Waals surface area contributed by atoms with E-state index in [-0.39, 0.29) is 6.04 Å². The first-order valence-electron chi connectivity index (χ1n) is 5.93. The summed E-state index contributed by atoms with van der Waals surface area (Å²) in [7, 11) is 3.61. The molecule has 0 fully saturated rings. The van der Waals surface area contributed by atoms with Crippen molar-refractivity contribution in [3.8, 4) is 0 Å². The number of hydrogen-bond acceptors (Lipinski definition) is 4. The van der Waals surface area contributed by atoms with Crippen LogP contribution in [-0.4, -0.2) is 39.1 Å². The second-order valence-electron chi connectivity index (χ2n) is 4.40. The van der Waals surface area contributed by atoms with E-state index in [0.29, 0.717) is 6.61 Å². The standard InChI is InChI=1S/C12H19N5O/c1-10(9-18-3)15-12-13-4-5-17(12)8-11-6-14-16(2)7-11/h4-7,10H,8-9H2,1-3H3,(H,13,15). The number of aryl methyl sites for hydroxylation is 1. The molecule has 2 heterocycles. The smallest absolute Gasteiger partial charge is 0.203 e. The Labute approximate surface area is 107 Å². The fourth-order valence-electron chi connectivity index (χ4n) is 1.84. The molecule has 0 radical (unpaired) electrons. The van der Waals surface area contributed by atoms with Crippen LogP contribution in [0.4, 0.5) is 5.95 Å². The Bertz CT molecular complexity index is 490. The second kappa shape index (κ2) is 5.68. The third-order valence-corrected chi connectivity index (χ3v) is 2.62. The monoisotopic (exact) mass is 249 g/mol. The summed E-state index contributed by atoms with van der Waals surface area (Å²) in [6.07, 6.45) is 7.61. The van der Waals surface area contributed by atoms with E-state index in [2.05, 4.69) is 26.9 Å². The SMILES string of the molecule is COCC(C)Nc1nccn1Cc1cnn(C)c1. The van der Waals surface area contributed by atoms with Gasteiger partial charge in [-0.05, 0) is 6.92 Å². The van der Waals surface area contributed by atoms with Crippen LogP contribution >= 0.6 is 0 Å². The van der Waals surface area contributed by atoms with Crippen LogP contribution in [0.15, 0.2) is 24.8 Å². The molecule has 1 atom stereocenters. The van der Waals surface area contributed by atoms with Crippen LogP contribution < -0.4 is 5.32 Å². The fourth-order valence-corrected chi connectivity index (χ4v) is 1.84. The molecule has 0 saturated carbocycles. The van der Waals surface area contributed by atoms with Gasteiger partial charge in [0.25, 0.3) is 0 Å². The second-order valence-corrected chi connectivity index (χ2v) is 4.40. The topological polar surface area (TPSA) is 56.9 Å². The first-order valence-corrected chi connectivity index (χ1v) is 5.93. The maximum atomic E-state index is 5.10. The number of aromatic nitrogens is 4. The van der Waals surface area contributed by atoms with Gasteiger partial charge in [-0.3, -0.25) is 4.68 Å². The Morgan fingerprint density at radius 2 is 2.33 bits per heavy atom. The van der Waals surface area contributed by atoms with Gasteiger partial charge in [-0.25, -0.2) is 4.98 Å². The van der Waals surface area contributed by atoms with Crippen molar-refractivity contribution in [2.75, 3.05) is 19.0 Å². The van der Waals surface area contributed by atoms with Gasteiger partial charge in [-0.2, -0.15) is 5.10 Å². The van der Waals surface area contributed by atoms with E-state index in [0.717, 1.165) is 18.1 Å². The Morgan fingerprint density at radius 3 is 3.00 bits per heavy atom. The minimum Gasteiger partial charge on any atom is -0.383 e. The molecule has 0 bridgehead atoms. The third-order valence-electron chi connectivity index (χ3n) is 2.62. The number of rotatable bonds is 6. The molecule has 0 aliphatic carbocycles. The highest BCUT2D eigenvalue weighted by atomic mass is 16.5. The zero-order valence-electron chi connectivity index (χ0n) is 11.0. The van der Waals surface area contributed by atoms with E-state index >= 15 is 0 Å². The van der Waals surface area contributed by atoms with Crippen molar-refractivity contribution in [1.29, 1.82) is 0 Å². The largest absolute Gasteiger partial charge is 0.383 e. The molecule has 0 amide bonds. The fraction of sp³-hybridized carbons (Fsp3) is 0.500. The zero-order valence-corrected chi connectivity index (χ0v) is 11.0. The maximum absolute atomic E-state index is 5.10. The van der Waals surface area contributed by atoms with Crippen molar-refractivity contribution in [3.63, 3.8) is 0 Å². The molecule has 1 N–H and O–H groups in total. The van der Waals surface area contributed by atoms with E-state index in [1.54, 1.807) is 18.0 Å². The number of ether oxygens (including phenoxy) is 1. The van der Waals surface area contributed by atoms with Gasteiger partial charge in [-0.15, -0.1) is 0 Å². The summed E-state index contributed by atoms with van der Waals surface area (Å²) < 4.78 is 8.96. The molecule has 0 spiro atoms. The van der Waals surface area contributed by atoms with Gasteiger partial charge < -0.3 is 14.6 Å². The molecule has 2 aromatic rings. The number of anilines is 1. The summed E-state index contributed by atoms with van der Waals surface area (Å²) in [5, 5.41) is 7.48. The first-order chi connectivity index (χ1) is 8.69. The predicted molar refractivity (Wildman–Crippen MR) is 69.5 cm³/mol. The molecule has 1 unspecified atom stereocenters. The summed E-state index contributed by atoms with van der Waals surface area (Å²) >= 11 is 0. The van der Waals surface area contributed by atoms with Crippen molar-refractivity contribution < 1.29 is 4.74 Å². The molecular formula is C12H19N5O.